The lowest BCUT2D eigenvalue weighted by atomic mass is 10.3. The van der Waals surface area contributed by atoms with Gasteiger partial charge in [-0.3, -0.25) is 9.29 Å². The van der Waals surface area contributed by atoms with Crippen LogP contribution in [-0.2, 0) is 10.0 Å². The molecule has 0 amide bonds. The number of rotatable bonds is 4. The smallest absolute Gasteiger partial charge is 0.278 e. The molecule has 2 heterocycles. The molecular weight excluding hydrogens is 378 g/mol. The highest BCUT2D eigenvalue weighted by Crippen LogP contribution is 2.23. The molecule has 24 heavy (non-hydrogen) atoms. The number of nitrogens with one attached hydrogen (secondary N) is 1. The first-order chi connectivity index (χ1) is 11.4. The maximum atomic E-state index is 13.2. The highest BCUT2D eigenvalue weighted by atomic mass is 35.5. The van der Waals surface area contributed by atoms with Gasteiger partial charge in [-0.05, 0) is 36.4 Å². The van der Waals surface area contributed by atoms with E-state index in [0.717, 1.165) is 6.07 Å². The van der Waals surface area contributed by atoms with Crippen LogP contribution in [0.5, 0.6) is 0 Å². The van der Waals surface area contributed by atoms with Gasteiger partial charge >= 0.3 is 0 Å². The minimum absolute atomic E-state index is 0.102. The Bertz CT molecular complexity index is 1010. The highest BCUT2D eigenvalue weighted by Gasteiger charge is 2.21. The third-order valence-electron chi connectivity index (χ3n) is 2.98. The molecule has 0 radical (unpaired) electrons. The van der Waals surface area contributed by atoms with Gasteiger partial charge in [0.15, 0.2) is 5.03 Å². The normalized spacial score (nSPS) is 11.5. The molecule has 0 fully saturated rings. The first-order valence-corrected chi connectivity index (χ1v) is 8.75. The quantitative estimate of drug-likeness (QED) is 0.695. The summed E-state index contributed by atoms with van der Waals surface area (Å²) in [5.41, 5.74) is 0.126. The van der Waals surface area contributed by atoms with Gasteiger partial charge in [0.25, 0.3) is 10.0 Å². The number of nitrogens with zero attached hydrogens (tertiary/aromatic N) is 3. The molecule has 0 aliphatic carbocycles. The van der Waals surface area contributed by atoms with Gasteiger partial charge in [0.2, 0.25) is 5.95 Å². The van der Waals surface area contributed by atoms with E-state index < -0.39 is 15.8 Å². The van der Waals surface area contributed by atoms with Gasteiger partial charge in [-0.25, -0.2) is 14.4 Å². The predicted octanol–water partition coefficient (Wildman–Crippen LogP) is 3.51. The lowest BCUT2D eigenvalue weighted by Gasteiger charge is -2.11. The Morgan fingerprint density at radius 3 is 2.67 bits per heavy atom. The molecule has 0 bridgehead atoms. The Morgan fingerprint density at radius 1 is 1.17 bits per heavy atom. The second-order valence-electron chi connectivity index (χ2n) is 4.63. The molecule has 2 aromatic heterocycles. The van der Waals surface area contributed by atoms with Crippen LogP contribution in [0.25, 0.3) is 5.95 Å². The number of hydrogen-bond acceptors (Lipinski definition) is 4. The van der Waals surface area contributed by atoms with Crippen molar-refractivity contribution in [3.8, 4) is 5.95 Å². The van der Waals surface area contributed by atoms with Crippen LogP contribution in [0.3, 0.4) is 0 Å². The van der Waals surface area contributed by atoms with E-state index in [0.29, 0.717) is 0 Å². The van der Waals surface area contributed by atoms with Crippen molar-refractivity contribution in [2.45, 2.75) is 5.03 Å². The molecule has 10 heteroatoms. The fourth-order valence-corrected chi connectivity index (χ4v) is 3.47. The van der Waals surface area contributed by atoms with Gasteiger partial charge in [-0.1, -0.05) is 23.2 Å². The Balaban J connectivity index is 1.99. The van der Waals surface area contributed by atoms with Gasteiger partial charge in [0.1, 0.15) is 11.0 Å². The number of sulfonamides is 1. The molecule has 3 aromatic rings. The summed E-state index contributed by atoms with van der Waals surface area (Å²) in [7, 11) is -3.98. The van der Waals surface area contributed by atoms with Crippen LogP contribution in [0, 0.1) is 5.82 Å². The standard InChI is InChI=1S/C14H9Cl2FN4O2S/c15-10-8-9(3-4-11(10)17)20-24(22,23)13-2-1-7-21(13)14-18-6-5-12(16)19-14/h1-8,20H. The number of hydrogen-bond donors (Lipinski definition) is 1. The fourth-order valence-electron chi connectivity index (χ4n) is 1.96. The zero-order chi connectivity index (χ0) is 17.3. The summed E-state index contributed by atoms with van der Waals surface area (Å²) in [6.07, 6.45) is 2.89. The first-order valence-electron chi connectivity index (χ1n) is 6.51. The van der Waals surface area contributed by atoms with Gasteiger partial charge in [-0.2, -0.15) is 8.42 Å². The molecule has 0 aliphatic heterocycles. The van der Waals surface area contributed by atoms with E-state index in [1.54, 1.807) is 0 Å². The molecule has 3 rings (SSSR count). The second kappa shape index (κ2) is 6.39. The SMILES string of the molecule is O=S(=O)(Nc1ccc(F)c(Cl)c1)c1cccn1-c1nccc(Cl)n1. The van der Waals surface area contributed by atoms with Crippen LogP contribution in [0.15, 0.2) is 53.8 Å². The van der Waals surface area contributed by atoms with E-state index in [1.807, 2.05) is 0 Å². The zero-order valence-corrected chi connectivity index (χ0v) is 14.1. The minimum atomic E-state index is -3.98. The van der Waals surface area contributed by atoms with Crippen molar-refractivity contribution in [2.75, 3.05) is 4.72 Å². The Hall–Kier alpha value is -2.16. The average molecular weight is 387 g/mol. The van der Waals surface area contributed by atoms with Crippen molar-refractivity contribution in [2.24, 2.45) is 0 Å². The second-order valence-corrected chi connectivity index (χ2v) is 7.05. The van der Waals surface area contributed by atoms with Crippen LogP contribution in [0.4, 0.5) is 10.1 Å². The number of anilines is 1. The number of aromatic nitrogens is 3. The molecule has 0 aliphatic rings. The molecular formula is C14H9Cl2FN4O2S. The molecule has 0 saturated heterocycles. The third-order valence-corrected chi connectivity index (χ3v) is 4.87. The minimum Gasteiger partial charge on any atom is -0.278 e. The summed E-state index contributed by atoms with van der Waals surface area (Å²) in [5.74, 6) is -0.541. The number of halogens is 3. The predicted molar refractivity (Wildman–Crippen MR) is 88.6 cm³/mol. The lowest BCUT2D eigenvalue weighted by molar-refractivity contribution is 0.593. The first kappa shape index (κ1) is 16.7. The highest BCUT2D eigenvalue weighted by molar-refractivity contribution is 7.92. The maximum Gasteiger partial charge on any atom is 0.278 e. The topological polar surface area (TPSA) is 76.9 Å². The van der Waals surface area contributed by atoms with Crippen molar-refractivity contribution in [3.05, 3.63) is 64.8 Å². The molecule has 6 nitrogen and oxygen atoms in total. The Morgan fingerprint density at radius 2 is 1.96 bits per heavy atom. The summed E-state index contributed by atoms with van der Waals surface area (Å²) in [6, 6.07) is 7.88. The van der Waals surface area contributed by atoms with E-state index >= 15 is 0 Å². The van der Waals surface area contributed by atoms with E-state index in [1.165, 1.54) is 47.3 Å². The van der Waals surface area contributed by atoms with Gasteiger partial charge in [-0.15, -0.1) is 0 Å². The van der Waals surface area contributed by atoms with Crippen molar-refractivity contribution >= 4 is 38.9 Å². The summed E-state index contributed by atoms with van der Waals surface area (Å²) >= 11 is 11.5. The summed E-state index contributed by atoms with van der Waals surface area (Å²) in [5, 5.41) is -0.121. The zero-order valence-electron chi connectivity index (χ0n) is 11.8. The maximum absolute atomic E-state index is 13.2. The Labute approximate surface area is 146 Å². The fraction of sp³-hybridized carbons (Fsp3) is 0. The molecule has 1 aromatic carbocycles. The monoisotopic (exact) mass is 386 g/mol. The van der Waals surface area contributed by atoms with Gasteiger partial charge in [0.05, 0.1) is 10.7 Å². The van der Waals surface area contributed by atoms with Crippen molar-refractivity contribution in [1.29, 1.82) is 0 Å². The molecule has 124 valence electrons. The Kier molecular flexibility index (Phi) is 4.44. The van der Waals surface area contributed by atoms with Crippen LogP contribution >= 0.6 is 23.2 Å². The summed E-state index contributed by atoms with van der Waals surface area (Å²) < 4.78 is 41.9. The summed E-state index contributed by atoms with van der Waals surface area (Å²) in [6.45, 7) is 0. The molecule has 1 N–H and O–H groups in total. The van der Waals surface area contributed by atoms with Crippen molar-refractivity contribution in [1.82, 2.24) is 14.5 Å². The van der Waals surface area contributed by atoms with Gasteiger partial charge in [0, 0.05) is 12.4 Å². The van der Waals surface area contributed by atoms with Crippen LogP contribution < -0.4 is 4.72 Å². The lowest BCUT2D eigenvalue weighted by Crippen LogP contribution is -2.17. The molecule has 0 saturated carbocycles. The van der Waals surface area contributed by atoms with Crippen LogP contribution in [0.1, 0.15) is 0 Å². The molecule has 0 unspecified atom stereocenters. The van der Waals surface area contributed by atoms with E-state index in [-0.39, 0.29) is 26.8 Å². The van der Waals surface area contributed by atoms with Gasteiger partial charge < -0.3 is 0 Å². The average Bonchev–Trinajstić information content (AvgIpc) is 3.01. The van der Waals surface area contributed by atoms with E-state index in [9.17, 15) is 12.8 Å². The van der Waals surface area contributed by atoms with Crippen LogP contribution in [-0.4, -0.2) is 23.0 Å². The van der Waals surface area contributed by atoms with E-state index in [4.69, 9.17) is 23.2 Å². The van der Waals surface area contributed by atoms with Crippen molar-refractivity contribution in [3.63, 3.8) is 0 Å². The number of benzene rings is 1. The summed E-state index contributed by atoms with van der Waals surface area (Å²) in [4.78, 5) is 7.97. The molecule has 0 spiro atoms. The van der Waals surface area contributed by atoms with Crippen molar-refractivity contribution < 1.29 is 12.8 Å². The van der Waals surface area contributed by atoms with E-state index in [2.05, 4.69) is 14.7 Å². The van der Waals surface area contributed by atoms with Crippen LogP contribution in [0.2, 0.25) is 10.2 Å². The largest absolute Gasteiger partial charge is 0.278 e. The molecule has 0 atom stereocenters. The third kappa shape index (κ3) is 3.35.